The SMILES string of the molecule is COc1ccc(-c2nnc(SCc3ccccc3OC)n2N)cc1. The highest BCUT2D eigenvalue weighted by molar-refractivity contribution is 7.98. The van der Waals surface area contributed by atoms with Crippen LogP contribution in [0.1, 0.15) is 5.56 Å². The van der Waals surface area contributed by atoms with Crippen LogP contribution in [0.4, 0.5) is 0 Å². The van der Waals surface area contributed by atoms with Crippen LogP contribution in [0.3, 0.4) is 0 Å². The predicted octanol–water partition coefficient (Wildman–Crippen LogP) is 2.97. The highest BCUT2D eigenvalue weighted by atomic mass is 32.2. The van der Waals surface area contributed by atoms with E-state index in [4.69, 9.17) is 15.3 Å². The van der Waals surface area contributed by atoms with E-state index in [1.54, 1.807) is 14.2 Å². The molecule has 0 saturated carbocycles. The van der Waals surface area contributed by atoms with Crippen LogP contribution in [-0.4, -0.2) is 29.1 Å². The summed E-state index contributed by atoms with van der Waals surface area (Å²) in [6.07, 6.45) is 0. The van der Waals surface area contributed by atoms with Crippen molar-refractivity contribution in [2.24, 2.45) is 0 Å². The lowest BCUT2D eigenvalue weighted by atomic mass is 10.2. The topological polar surface area (TPSA) is 75.2 Å². The molecule has 0 spiro atoms. The van der Waals surface area contributed by atoms with Gasteiger partial charge >= 0.3 is 0 Å². The molecule has 0 aliphatic carbocycles. The van der Waals surface area contributed by atoms with Gasteiger partial charge in [0.2, 0.25) is 5.16 Å². The van der Waals surface area contributed by atoms with Crippen LogP contribution in [0.5, 0.6) is 11.5 Å². The van der Waals surface area contributed by atoms with Crippen molar-refractivity contribution >= 4 is 11.8 Å². The largest absolute Gasteiger partial charge is 0.497 e. The van der Waals surface area contributed by atoms with E-state index in [1.165, 1.54) is 16.4 Å². The molecule has 0 unspecified atom stereocenters. The molecule has 6 nitrogen and oxygen atoms in total. The van der Waals surface area contributed by atoms with Crippen molar-refractivity contribution in [3.8, 4) is 22.9 Å². The zero-order chi connectivity index (χ0) is 16.9. The fourth-order valence-electron chi connectivity index (χ4n) is 2.28. The van der Waals surface area contributed by atoms with Crippen LogP contribution >= 0.6 is 11.8 Å². The van der Waals surface area contributed by atoms with Gasteiger partial charge in [0.15, 0.2) is 5.82 Å². The number of thioether (sulfide) groups is 1. The summed E-state index contributed by atoms with van der Waals surface area (Å²) < 4.78 is 12.0. The van der Waals surface area contributed by atoms with E-state index in [2.05, 4.69) is 10.2 Å². The first-order valence-electron chi connectivity index (χ1n) is 7.32. The van der Waals surface area contributed by atoms with Gasteiger partial charge in [0, 0.05) is 16.9 Å². The number of benzene rings is 2. The van der Waals surface area contributed by atoms with Gasteiger partial charge in [-0.15, -0.1) is 10.2 Å². The van der Waals surface area contributed by atoms with Crippen LogP contribution in [0.25, 0.3) is 11.4 Å². The molecule has 0 aliphatic rings. The maximum atomic E-state index is 6.15. The molecule has 0 aliphatic heterocycles. The number of nitrogens with two attached hydrogens (primary N) is 1. The molecule has 0 saturated heterocycles. The van der Waals surface area contributed by atoms with E-state index < -0.39 is 0 Å². The molecular weight excluding hydrogens is 324 g/mol. The normalized spacial score (nSPS) is 10.6. The summed E-state index contributed by atoms with van der Waals surface area (Å²) in [6.45, 7) is 0. The Morgan fingerprint density at radius 2 is 1.75 bits per heavy atom. The minimum absolute atomic E-state index is 0.611. The van der Waals surface area contributed by atoms with E-state index in [0.29, 0.717) is 16.7 Å². The average molecular weight is 342 g/mol. The second kappa shape index (κ2) is 7.27. The van der Waals surface area contributed by atoms with Gasteiger partial charge in [0.05, 0.1) is 14.2 Å². The van der Waals surface area contributed by atoms with E-state index in [0.717, 1.165) is 22.6 Å². The second-order valence-electron chi connectivity index (χ2n) is 5.01. The van der Waals surface area contributed by atoms with Gasteiger partial charge in [-0.2, -0.15) is 0 Å². The lowest BCUT2D eigenvalue weighted by Crippen LogP contribution is -2.11. The molecule has 124 valence electrons. The van der Waals surface area contributed by atoms with Crippen molar-refractivity contribution in [1.82, 2.24) is 14.9 Å². The van der Waals surface area contributed by atoms with Crippen molar-refractivity contribution in [3.05, 3.63) is 54.1 Å². The van der Waals surface area contributed by atoms with Gasteiger partial charge < -0.3 is 15.3 Å². The minimum atomic E-state index is 0.611. The average Bonchev–Trinajstić information content (AvgIpc) is 3.01. The number of methoxy groups -OCH3 is 2. The van der Waals surface area contributed by atoms with Gasteiger partial charge in [-0.1, -0.05) is 30.0 Å². The molecule has 3 rings (SSSR count). The first-order valence-corrected chi connectivity index (χ1v) is 8.31. The first-order chi connectivity index (χ1) is 11.7. The summed E-state index contributed by atoms with van der Waals surface area (Å²) in [4.78, 5) is 0. The van der Waals surface area contributed by atoms with E-state index in [-0.39, 0.29) is 0 Å². The van der Waals surface area contributed by atoms with Gasteiger partial charge in [-0.3, -0.25) is 0 Å². The Kier molecular flexibility index (Phi) is 4.90. The van der Waals surface area contributed by atoms with Gasteiger partial charge in [-0.05, 0) is 30.3 Å². The number of hydrogen-bond donors (Lipinski definition) is 1. The van der Waals surface area contributed by atoms with Gasteiger partial charge in [0.25, 0.3) is 0 Å². The van der Waals surface area contributed by atoms with Crippen LogP contribution in [0, 0.1) is 0 Å². The highest BCUT2D eigenvalue weighted by Crippen LogP contribution is 2.28. The number of para-hydroxylation sites is 1. The molecule has 1 heterocycles. The Balaban J connectivity index is 1.77. The molecule has 2 N–H and O–H groups in total. The lowest BCUT2D eigenvalue weighted by Gasteiger charge is -2.08. The summed E-state index contributed by atoms with van der Waals surface area (Å²) >= 11 is 1.51. The Morgan fingerprint density at radius 3 is 2.46 bits per heavy atom. The number of nitrogens with zero attached hydrogens (tertiary/aromatic N) is 3. The highest BCUT2D eigenvalue weighted by Gasteiger charge is 2.13. The molecule has 0 atom stereocenters. The maximum Gasteiger partial charge on any atom is 0.210 e. The summed E-state index contributed by atoms with van der Waals surface area (Å²) in [7, 11) is 3.30. The Bertz CT molecular complexity index is 818. The Labute approximate surface area is 144 Å². The van der Waals surface area contributed by atoms with Crippen molar-refractivity contribution in [1.29, 1.82) is 0 Å². The van der Waals surface area contributed by atoms with Crippen LogP contribution in [0.15, 0.2) is 53.7 Å². The molecule has 0 bridgehead atoms. The standard InChI is InChI=1S/C17H18N4O2S/c1-22-14-9-7-12(8-10-14)16-19-20-17(21(16)18)24-11-13-5-3-4-6-15(13)23-2/h3-10H,11,18H2,1-2H3. The Hall–Kier alpha value is -2.67. The summed E-state index contributed by atoms with van der Waals surface area (Å²) in [5, 5.41) is 9.02. The van der Waals surface area contributed by atoms with Crippen molar-refractivity contribution in [2.45, 2.75) is 10.9 Å². The second-order valence-corrected chi connectivity index (χ2v) is 5.95. The molecule has 0 radical (unpaired) electrons. The third kappa shape index (κ3) is 3.30. The summed E-state index contributed by atoms with van der Waals surface area (Å²) in [5.74, 6) is 9.09. The molecule has 7 heteroatoms. The smallest absolute Gasteiger partial charge is 0.210 e. The monoisotopic (exact) mass is 342 g/mol. The summed E-state index contributed by atoms with van der Waals surface area (Å²) in [6, 6.07) is 15.4. The van der Waals surface area contributed by atoms with Gasteiger partial charge in [-0.25, -0.2) is 4.68 Å². The van der Waals surface area contributed by atoms with Crippen LogP contribution in [0.2, 0.25) is 0 Å². The van der Waals surface area contributed by atoms with Crippen molar-refractivity contribution in [3.63, 3.8) is 0 Å². The Morgan fingerprint density at radius 1 is 1.00 bits per heavy atom. The van der Waals surface area contributed by atoms with Crippen LogP contribution in [-0.2, 0) is 5.75 Å². The molecule has 3 aromatic rings. The number of rotatable bonds is 6. The summed E-state index contributed by atoms with van der Waals surface area (Å²) in [5.41, 5.74) is 1.97. The lowest BCUT2D eigenvalue weighted by molar-refractivity contribution is 0.411. The fraction of sp³-hybridized carbons (Fsp3) is 0.176. The number of ether oxygens (including phenoxy) is 2. The minimum Gasteiger partial charge on any atom is -0.497 e. The third-order valence-electron chi connectivity index (χ3n) is 3.56. The van der Waals surface area contributed by atoms with Gasteiger partial charge in [0.1, 0.15) is 11.5 Å². The molecular formula is C17H18N4O2S. The van der Waals surface area contributed by atoms with Crippen molar-refractivity contribution in [2.75, 3.05) is 20.1 Å². The van der Waals surface area contributed by atoms with E-state index >= 15 is 0 Å². The fourth-order valence-corrected chi connectivity index (χ4v) is 3.12. The zero-order valence-electron chi connectivity index (χ0n) is 13.5. The van der Waals surface area contributed by atoms with Crippen molar-refractivity contribution < 1.29 is 9.47 Å². The zero-order valence-corrected chi connectivity index (χ0v) is 14.3. The molecule has 24 heavy (non-hydrogen) atoms. The van der Waals surface area contributed by atoms with E-state index in [1.807, 2.05) is 48.5 Å². The molecule has 0 amide bonds. The first kappa shape index (κ1) is 16.2. The maximum absolute atomic E-state index is 6.15. The van der Waals surface area contributed by atoms with E-state index in [9.17, 15) is 0 Å². The molecule has 0 fully saturated rings. The number of aromatic nitrogens is 3. The molecule has 2 aromatic carbocycles. The molecule has 1 aromatic heterocycles. The van der Waals surface area contributed by atoms with Crippen LogP contribution < -0.4 is 15.3 Å². The number of hydrogen-bond acceptors (Lipinski definition) is 6. The quantitative estimate of drug-likeness (QED) is 0.548. The number of nitrogen functional groups attached to an aromatic ring is 1. The third-order valence-corrected chi connectivity index (χ3v) is 4.55. The predicted molar refractivity (Wildman–Crippen MR) is 94.7 cm³/mol.